The molecule has 62 valence electrons. The van der Waals surface area contributed by atoms with E-state index < -0.39 is 15.5 Å². The third-order valence-electron chi connectivity index (χ3n) is 0.823. The molecule has 10 heavy (non-hydrogen) atoms. The van der Waals surface area contributed by atoms with Crippen LogP contribution in [0, 0.1) is 0 Å². The third kappa shape index (κ3) is 3.13. The Morgan fingerprint density at radius 1 is 1.40 bits per heavy atom. The van der Waals surface area contributed by atoms with E-state index in [2.05, 4.69) is 15.9 Å². The van der Waals surface area contributed by atoms with Gasteiger partial charge in [-0.05, 0) is 0 Å². The van der Waals surface area contributed by atoms with E-state index in [1.165, 1.54) is 0 Å². The van der Waals surface area contributed by atoms with Crippen molar-refractivity contribution in [2.45, 2.75) is 15.5 Å². The molecule has 0 radical (unpaired) electrons. The monoisotopic (exact) mass is 350 g/mol. The van der Waals surface area contributed by atoms with E-state index in [4.69, 9.17) is 11.6 Å². The van der Waals surface area contributed by atoms with Crippen molar-refractivity contribution in [3.63, 3.8) is 0 Å². The van der Waals surface area contributed by atoms with E-state index in [1.54, 1.807) is 0 Å². The quantitative estimate of drug-likeness (QED) is 0.537. The maximum atomic E-state index is 12.6. The minimum Gasteiger partial charge on any atom is -0.219 e. The Morgan fingerprint density at radius 3 is 1.90 bits per heavy atom. The molecule has 0 saturated carbocycles. The highest BCUT2D eigenvalue weighted by atomic mass is 127. The normalized spacial score (nSPS) is 18.6. The minimum atomic E-state index is -3.51. The lowest BCUT2D eigenvalue weighted by Crippen LogP contribution is -2.33. The molecule has 0 aromatic heterocycles. The first-order valence-electron chi connectivity index (χ1n) is 2.32. The van der Waals surface area contributed by atoms with Crippen LogP contribution in [-0.4, -0.2) is 14.4 Å². The molecule has 0 fully saturated rings. The molecule has 1 unspecified atom stereocenters. The molecule has 1 atom stereocenters. The van der Waals surface area contributed by atoms with Crippen molar-refractivity contribution in [1.29, 1.82) is 0 Å². The van der Waals surface area contributed by atoms with E-state index in [9.17, 15) is 13.2 Å². The van der Waals surface area contributed by atoms with Crippen molar-refractivity contribution in [2.24, 2.45) is 0 Å². The lowest BCUT2D eigenvalue weighted by molar-refractivity contribution is 0.00387. The molecule has 0 spiro atoms. The molecule has 0 aliphatic heterocycles. The van der Waals surface area contributed by atoms with Crippen LogP contribution in [0.1, 0.15) is 6.42 Å². The van der Waals surface area contributed by atoms with E-state index in [-0.39, 0.29) is 5.33 Å². The zero-order chi connectivity index (χ0) is 8.41. The first-order chi connectivity index (χ1) is 4.31. The molecule has 0 aliphatic carbocycles. The molecule has 0 nitrogen and oxygen atoms in total. The van der Waals surface area contributed by atoms with Gasteiger partial charge in [0.2, 0.25) is 0 Å². The van der Waals surface area contributed by atoms with Crippen molar-refractivity contribution < 1.29 is 13.2 Å². The first kappa shape index (κ1) is 11.3. The molecular formula is C4H4BrClF3I. The van der Waals surface area contributed by atoms with Crippen LogP contribution in [-0.2, 0) is 0 Å². The highest BCUT2D eigenvalue weighted by Gasteiger charge is 2.50. The highest BCUT2D eigenvalue weighted by molar-refractivity contribution is 14.1. The molecule has 0 aromatic rings. The summed E-state index contributed by atoms with van der Waals surface area (Å²) in [6, 6.07) is 0. The van der Waals surface area contributed by atoms with Crippen molar-refractivity contribution in [2.75, 3.05) is 5.33 Å². The molecule has 0 saturated heterocycles. The summed E-state index contributed by atoms with van der Waals surface area (Å²) in [5, 5.41) is -2.82. The van der Waals surface area contributed by atoms with E-state index in [0.29, 0.717) is 22.6 Å². The van der Waals surface area contributed by atoms with Gasteiger partial charge < -0.3 is 0 Å². The SMILES string of the molecule is FC(F)(I)C(F)(Cl)CCBr. The zero-order valence-corrected chi connectivity index (χ0v) is 9.18. The van der Waals surface area contributed by atoms with Gasteiger partial charge >= 0.3 is 3.93 Å². The number of rotatable bonds is 3. The van der Waals surface area contributed by atoms with Crippen LogP contribution in [0.4, 0.5) is 13.2 Å². The first-order valence-corrected chi connectivity index (χ1v) is 4.89. The Labute approximate surface area is 83.8 Å². The molecule has 0 aromatic carbocycles. The molecule has 6 heteroatoms. The van der Waals surface area contributed by atoms with E-state index in [1.807, 2.05) is 0 Å². The maximum absolute atomic E-state index is 12.6. The maximum Gasteiger partial charge on any atom is 0.343 e. The molecule has 0 amide bonds. The summed E-state index contributed by atoms with van der Waals surface area (Å²) in [4.78, 5) is 0. The fraction of sp³-hybridized carbons (Fsp3) is 1.00. The predicted molar refractivity (Wildman–Crippen MR) is 47.1 cm³/mol. The molecule has 0 bridgehead atoms. The summed E-state index contributed by atoms with van der Waals surface area (Å²) in [5.74, 6) is 0. The molecule has 0 rings (SSSR count). The van der Waals surface area contributed by atoms with Gasteiger partial charge in [-0.1, -0.05) is 27.5 Å². The highest BCUT2D eigenvalue weighted by Crippen LogP contribution is 2.44. The van der Waals surface area contributed by atoms with Crippen molar-refractivity contribution in [3.05, 3.63) is 0 Å². The fourth-order valence-electron chi connectivity index (χ4n) is 0.260. The van der Waals surface area contributed by atoms with Crippen LogP contribution in [0.15, 0.2) is 0 Å². The number of halogens is 6. The summed E-state index contributed by atoms with van der Waals surface area (Å²) in [6.07, 6.45) is -0.412. The van der Waals surface area contributed by atoms with Crippen LogP contribution >= 0.6 is 50.1 Å². The zero-order valence-electron chi connectivity index (χ0n) is 4.68. The second-order valence-corrected chi connectivity index (χ2v) is 4.39. The van der Waals surface area contributed by atoms with Crippen molar-refractivity contribution in [1.82, 2.24) is 0 Å². The Balaban J connectivity index is 4.10. The number of hydrogen-bond acceptors (Lipinski definition) is 0. The molecule has 0 aliphatic rings. The van der Waals surface area contributed by atoms with Gasteiger partial charge in [-0.25, -0.2) is 4.39 Å². The third-order valence-corrected chi connectivity index (χ3v) is 2.82. The van der Waals surface area contributed by atoms with Gasteiger partial charge in [0.1, 0.15) is 0 Å². The summed E-state index contributed by atoms with van der Waals surface area (Å²) < 4.78 is 33.4. The smallest absolute Gasteiger partial charge is 0.219 e. The molecule has 0 heterocycles. The summed E-state index contributed by atoms with van der Waals surface area (Å²) in [7, 11) is 0. The molecule has 0 N–H and O–H groups in total. The summed E-state index contributed by atoms with van der Waals surface area (Å²) >= 11 is 8.36. The standard InChI is InChI=1S/C4H4BrClF3I/c5-2-1-3(6,7)4(8,9)10/h1-2H2. The van der Waals surface area contributed by atoms with Crippen LogP contribution in [0.5, 0.6) is 0 Å². The molecular weight excluding hydrogens is 347 g/mol. The average molecular weight is 351 g/mol. The van der Waals surface area contributed by atoms with Gasteiger partial charge in [0.25, 0.3) is 5.13 Å². The van der Waals surface area contributed by atoms with Crippen molar-refractivity contribution in [3.8, 4) is 0 Å². The van der Waals surface area contributed by atoms with E-state index in [0.717, 1.165) is 0 Å². The number of hydrogen-bond donors (Lipinski definition) is 0. The summed E-state index contributed by atoms with van der Waals surface area (Å²) in [6.45, 7) is 0. The second kappa shape index (κ2) is 3.80. The Morgan fingerprint density at radius 2 is 1.80 bits per heavy atom. The van der Waals surface area contributed by atoms with Gasteiger partial charge in [-0.2, -0.15) is 8.78 Å². The van der Waals surface area contributed by atoms with E-state index >= 15 is 0 Å². The van der Waals surface area contributed by atoms with Gasteiger partial charge in [0, 0.05) is 34.3 Å². The largest absolute Gasteiger partial charge is 0.343 e. The second-order valence-electron chi connectivity index (χ2n) is 1.64. The van der Waals surface area contributed by atoms with Crippen LogP contribution < -0.4 is 0 Å². The van der Waals surface area contributed by atoms with Gasteiger partial charge in [-0.3, -0.25) is 0 Å². The number of alkyl halides is 6. The Kier molecular flexibility index (Phi) is 4.29. The van der Waals surface area contributed by atoms with Gasteiger partial charge in [-0.15, -0.1) is 0 Å². The van der Waals surface area contributed by atoms with Crippen LogP contribution in [0.3, 0.4) is 0 Å². The minimum absolute atomic E-state index is 0.117. The van der Waals surface area contributed by atoms with Crippen LogP contribution in [0.25, 0.3) is 0 Å². The van der Waals surface area contributed by atoms with Gasteiger partial charge in [0.15, 0.2) is 0 Å². The van der Waals surface area contributed by atoms with Gasteiger partial charge in [0.05, 0.1) is 0 Å². The Bertz CT molecular complexity index is 114. The predicted octanol–water partition coefficient (Wildman–Crippen LogP) is 3.70. The lowest BCUT2D eigenvalue weighted by atomic mass is 10.3. The fourth-order valence-corrected chi connectivity index (χ4v) is 1.40. The van der Waals surface area contributed by atoms with Crippen LogP contribution in [0.2, 0.25) is 0 Å². The average Bonchev–Trinajstić information content (AvgIpc) is 1.61. The Hall–Kier alpha value is 1.29. The topological polar surface area (TPSA) is 0 Å². The summed E-state index contributed by atoms with van der Waals surface area (Å²) in [5.41, 5.74) is 0. The lowest BCUT2D eigenvalue weighted by Gasteiger charge is -2.21. The van der Waals surface area contributed by atoms with Crippen molar-refractivity contribution >= 4 is 50.1 Å².